The molecule has 1 aliphatic heterocycles. The second-order valence-electron chi connectivity index (χ2n) is 5.94. The first-order valence-electron chi connectivity index (χ1n) is 7.53. The summed E-state index contributed by atoms with van der Waals surface area (Å²) >= 11 is 0. The van der Waals surface area contributed by atoms with Crippen molar-refractivity contribution in [2.45, 2.75) is 53.5 Å². The van der Waals surface area contributed by atoms with E-state index < -0.39 is 0 Å². The van der Waals surface area contributed by atoms with Crippen LogP contribution in [0.4, 0.5) is 0 Å². The first-order chi connectivity index (χ1) is 8.51. The van der Waals surface area contributed by atoms with Crippen molar-refractivity contribution in [1.29, 1.82) is 0 Å². The maximum absolute atomic E-state index is 12.4. The third kappa shape index (κ3) is 3.71. The van der Waals surface area contributed by atoms with Gasteiger partial charge in [-0.2, -0.15) is 0 Å². The number of hydrogen-bond donors (Lipinski definition) is 1. The highest BCUT2D eigenvalue weighted by atomic mass is 16.2. The van der Waals surface area contributed by atoms with Gasteiger partial charge < -0.3 is 10.2 Å². The lowest BCUT2D eigenvalue weighted by Crippen LogP contribution is -2.52. The average molecular weight is 254 g/mol. The minimum atomic E-state index is 0.151. The number of amides is 1. The number of nitrogens with one attached hydrogen (secondary N) is 1. The molecule has 1 amide bonds. The smallest absolute Gasteiger partial charge is 0.225 e. The Morgan fingerprint density at radius 1 is 1.33 bits per heavy atom. The molecule has 1 N–H and O–H groups in total. The van der Waals surface area contributed by atoms with Crippen LogP contribution in [-0.4, -0.2) is 36.5 Å². The molecule has 1 aliphatic rings. The SMILES string of the molecule is CCNC1CCN(C(=O)C(C)C(C)C)CC1CC. The van der Waals surface area contributed by atoms with Gasteiger partial charge in [-0.15, -0.1) is 0 Å². The molecule has 0 radical (unpaired) electrons. The normalized spacial score (nSPS) is 26.4. The fourth-order valence-corrected chi connectivity index (χ4v) is 2.75. The van der Waals surface area contributed by atoms with E-state index in [0.29, 0.717) is 23.8 Å². The predicted molar refractivity (Wildman–Crippen MR) is 76.4 cm³/mol. The highest BCUT2D eigenvalue weighted by molar-refractivity contribution is 5.78. The molecular weight excluding hydrogens is 224 g/mol. The molecule has 0 bridgehead atoms. The zero-order chi connectivity index (χ0) is 13.7. The Morgan fingerprint density at radius 2 is 2.00 bits per heavy atom. The zero-order valence-electron chi connectivity index (χ0n) is 12.7. The molecule has 0 aromatic carbocycles. The maximum Gasteiger partial charge on any atom is 0.225 e. The molecule has 0 aliphatic carbocycles. The molecule has 1 heterocycles. The van der Waals surface area contributed by atoms with E-state index in [1.807, 2.05) is 0 Å². The fourth-order valence-electron chi connectivity index (χ4n) is 2.75. The number of rotatable bonds is 5. The van der Waals surface area contributed by atoms with Crippen LogP contribution in [0.15, 0.2) is 0 Å². The van der Waals surface area contributed by atoms with Crippen molar-refractivity contribution in [2.24, 2.45) is 17.8 Å². The summed E-state index contributed by atoms with van der Waals surface area (Å²) in [7, 11) is 0. The lowest BCUT2D eigenvalue weighted by atomic mass is 9.88. The van der Waals surface area contributed by atoms with Crippen LogP contribution in [0, 0.1) is 17.8 Å². The third-order valence-corrected chi connectivity index (χ3v) is 4.43. The van der Waals surface area contributed by atoms with Crippen molar-refractivity contribution < 1.29 is 4.79 Å². The summed E-state index contributed by atoms with van der Waals surface area (Å²) in [4.78, 5) is 14.5. The Morgan fingerprint density at radius 3 is 2.50 bits per heavy atom. The van der Waals surface area contributed by atoms with Crippen LogP contribution >= 0.6 is 0 Å². The monoisotopic (exact) mass is 254 g/mol. The van der Waals surface area contributed by atoms with Crippen molar-refractivity contribution in [3.63, 3.8) is 0 Å². The number of carbonyl (C=O) groups excluding carboxylic acids is 1. The van der Waals surface area contributed by atoms with E-state index in [1.165, 1.54) is 0 Å². The van der Waals surface area contributed by atoms with Crippen LogP contribution in [-0.2, 0) is 4.79 Å². The standard InChI is InChI=1S/C15H30N2O/c1-6-13-10-17(9-8-14(13)16-7-2)15(18)12(5)11(3)4/h11-14,16H,6-10H2,1-5H3. The minimum Gasteiger partial charge on any atom is -0.342 e. The van der Waals surface area contributed by atoms with Crippen LogP contribution in [0.2, 0.25) is 0 Å². The predicted octanol–water partition coefficient (Wildman–Crippen LogP) is 2.52. The number of piperidine rings is 1. The fraction of sp³-hybridized carbons (Fsp3) is 0.933. The Kier molecular flexibility index (Phi) is 6.13. The summed E-state index contributed by atoms with van der Waals surface area (Å²) in [5.74, 6) is 1.54. The first kappa shape index (κ1) is 15.5. The summed E-state index contributed by atoms with van der Waals surface area (Å²) in [6.45, 7) is 13.6. The van der Waals surface area contributed by atoms with Crippen LogP contribution in [0.3, 0.4) is 0 Å². The second-order valence-corrected chi connectivity index (χ2v) is 5.94. The van der Waals surface area contributed by atoms with E-state index in [-0.39, 0.29) is 5.92 Å². The van der Waals surface area contributed by atoms with Gasteiger partial charge in [0.05, 0.1) is 0 Å². The Balaban J connectivity index is 2.59. The van der Waals surface area contributed by atoms with Crippen molar-refractivity contribution in [3.05, 3.63) is 0 Å². The van der Waals surface area contributed by atoms with Gasteiger partial charge in [0, 0.05) is 25.0 Å². The van der Waals surface area contributed by atoms with Crippen LogP contribution < -0.4 is 5.32 Å². The van der Waals surface area contributed by atoms with Gasteiger partial charge in [0.2, 0.25) is 5.91 Å². The van der Waals surface area contributed by atoms with Crippen molar-refractivity contribution in [3.8, 4) is 0 Å². The van der Waals surface area contributed by atoms with Crippen molar-refractivity contribution >= 4 is 5.91 Å². The summed E-state index contributed by atoms with van der Waals surface area (Å²) in [6, 6.07) is 0.596. The lowest BCUT2D eigenvalue weighted by Gasteiger charge is -2.40. The van der Waals surface area contributed by atoms with Gasteiger partial charge >= 0.3 is 0 Å². The second kappa shape index (κ2) is 7.13. The molecule has 0 spiro atoms. The molecule has 3 unspecified atom stereocenters. The van der Waals surface area contributed by atoms with E-state index in [2.05, 4.69) is 44.8 Å². The molecule has 106 valence electrons. The van der Waals surface area contributed by atoms with E-state index in [4.69, 9.17) is 0 Å². The maximum atomic E-state index is 12.4. The summed E-state index contributed by atoms with van der Waals surface area (Å²) < 4.78 is 0. The lowest BCUT2D eigenvalue weighted by molar-refractivity contribution is -0.138. The zero-order valence-corrected chi connectivity index (χ0v) is 12.7. The average Bonchev–Trinajstić information content (AvgIpc) is 2.37. The molecule has 3 nitrogen and oxygen atoms in total. The van der Waals surface area contributed by atoms with Gasteiger partial charge in [-0.1, -0.05) is 41.0 Å². The molecule has 0 aromatic rings. The largest absolute Gasteiger partial charge is 0.342 e. The molecule has 1 saturated heterocycles. The highest BCUT2D eigenvalue weighted by Gasteiger charge is 2.32. The van der Waals surface area contributed by atoms with Gasteiger partial charge in [-0.25, -0.2) is 0 Å². The van der Waals surface area contributed by atoms with Crippen LogP contribution in [0.25, 0.3) is 0 Å². The molecule has 18 heavy (non-hydrogen) atoms. The summed E-state index contributed by atoms with van der Waals surface area (Å²) in [6.07, 6.45) is 2.25. The van der Waals surface area contributed by atoms with Gasteiger partial charge in [-0.05, 0) is 24.8 Å². The van der Waals surface area contributed by atoms with Gasteiger partial charge in [0.25, 0.3) is 0 Å². The molecule has 3 atom stereocenters. The topological polar surface area (TPSA) is 32.3 Å². The summed E-state index contributed by atoms with van der Waals surface area (Å²) in [5, 5.41) is 3.56. The molecular formula is C15H30N2O. The van der Waals surface area contributed by atoms with Gasteiger partial charge in [-0.3, -0.25) is 4.79 Å². The van der Waals surface area contributed by atoms with Gasteiger partial charge in [0.15, 0.2) is 0 Å². The number of hydrogen-bond acceptors (Lipinski definition) is 2. The van der Waals surface area contributed by atoms with Crippen LogP contribution in [0.1, 0.15) is 47.5 Å². The first-order valence-corrected chi connectivity index (χ1v) is 7.53. The van der Waals surface area contributed by atoms with E-state index in [0.717, 1.165) is 32.5 Å². The molecule has 0 aromatic heterocycles. The van der Waals surface area contributed by atoms with E-state index >= 15 is 0 Å². The quantitative estimate of drug-likeness (QED) is 0.817. The van der Waals surface area contributed by atoms with Gasteiger partial charge in [0.1, 0.15) is 0 Å². The number of likely N-dealkylation sites (tertiary alicyclic amines) is 1. The molecule has 1 fully saturated rings. The Hall–Kier alpha value is -0.570. The highest BCUT2D eigenvalue weighted by Crippen LogP contribution is 2.23. The van der Waals surface area contributed by atoms with Crippen molar-refractivity contribution in [2.75, 3.05) is 19.6 Å². The Bertz CT molecular complexity index is 265. The Labute approximate surface area is 112 Å². The third-order valence-electron chi connectivity index (χ3n) is 4.43. The number of carbonyl (C=O) groups is 1. The molecule has 3 heteroatoms. The molecule has 0 saturated carbocycles. The number of nitrogens with zero attached hydrogens (tertiary/aromatic N) is 1. The summed E-state index contributed by atoms with van der Waals surface area (Å²) in [5.41, 5.74) is 0. The van der Waals surface area contributed by atoms with E-state index in [1.54, 1.807) is 0 Å². The van der Waals surface area contributed by atoms with E-state index in [9.17, 15) is 4.79 Å². The van der Waals surface area contributed by atoms with Crippen molar-refractivity contribution in [1.82, 2.24) is 10.2 Å². The van der Waals surface area contributed by atoms with Crippen LogP contribution in [0.5, 0.6) is 0 Å². The minimum absolute atomic E-state index is 0.151. The molecule has 1 rings (SSSR count).